The molecule has 0 spiro atoms. The Balaban J connectivity index is 0.000000210. The molecule has 24 heteroatoms. The second-order valence-electron chi connectivity index (χ2n) is 22.0. The number of rotatable bonds is 29. The van der Waals surface area contributed by atoms with E-state index in [1.165, 1.54) is 5.56 Å². The number of para-hydroxylation sites is 4. The van der Waals surface area contributed by atoms with E-state index in [1.807, 2.05) is 163 Å². The van der Waals surface area contributed by atoms with Crippen LogP contribution in [0.15, 0.2) is 224 Å². The fourth-order valence-electron chi connectivity index (χ4n) is 8.54. The highest BCUT2D eigenvalue weighted by molar-refractivity contribution is 6.30. The van der Waals surface area contributed by atoms with Crippen molar-refractivity contribution in [2.24, 2.45) is 0 Å². The molecule has 0 aliphatic carbocycles. The highest BCUT2D eigenvalue weighted by atomic mass is 35.5. The summed E-state index contributed by atoms with van der Waals surface area (Å²) in [6.07, 6.45) is 0. The Labute approximate surface area is 581 Å². The van der Waals surface area contributed by atoms with E-state index in [1.54, 1.807) is 72.8 Å². The first-order valence-electron chi connectivity index (χ1n) is 31.8. The van der Waals surface area contributed by atoms with Crippen molar-refractivity contribution in [2.75, 3.05) is 85.8 Å². The quantitative estimate of drug-likeness (QED) is 0.0254. The van der Waals surface area contributed by atoms with Gasteiger partial charge in [-0.25, -0.2) is 0 Å². The van der Waals surface area contributed by atoms with E-state index in [4.69, 9.17) is 30.5 Å². The van der Waals surface area contributed by atoms with Crippen LogP contribution in [0, 0.1) is 6.92 Å². The van der Waals surface area contributed by atoms with Gasteiger partial charge in [-0.15, -0.1) is 0 Å². The van der Waals surface area contributed by atoms with E-state index >= 15 is 0 Å². The highest BCUT2D eigenvalue weighted by Gasteiger charge is 2.20. The molecule has 8 aromatic rings. The van der Waals surface area contributed by atoms with Gasteiger partial charge in [-0.05, 0) is 109 Å². The van der Waals surface area contributed by atoms with E-state index in [0.29, 0.717) is 59.8 Å². The number of nitrogens with one attached hydrogen (secondary N) is 8. The summed E-state index contributed by atoms with van der Waals surface area (Å²) in [6, 6.07) is 68.0. The zero-order valence-electron chi connectivity index (χ0n) is 55.3. The molecule has 9 rings (SSSR count). The number of carbonyl (C=O) groups excluding carboxylic acids is 9. The molecule has 23 nitrogen and oxygen atoms in total. The minimum absolute atomic E-state index is 0.0316. The van der Waals surface area contributed by atoms with Crippen molar-refractivity contribution in [3.8, 4) is 23.0 Å². The monoisotopic (exact) mass is 1370 g/mol. The second-order valence-corrected chi connectivity index (χ2v) is 22.5. The Hall–Kier alpha value is -11.6. The van der Waals surface area contributed by atoms with Crippen molar-refractivity contribution in [3.63, 3.8) is 0 Å². The molecule has 8 N–H and O–H groups in total. The predicted octanol–water partition coefficient (Wildman–Crippen LogP) is 6.34. The van der Waals surface area contributed by atoms with Crippen LogP contribution in [0.1, 0.15) is 38.2 Å². The maximum Gasteiger partial charge on any atom is 0.258 e. The molecule has 1 aliphatic heterocycles. The van der Waals surface area contributed by atoms with Crippen LogP contribution < -0.4 is 61.5 Å². The van der Waals surface area contributed by atoms with Crippen LogP contribution in [-0.2, 0) is 64.5 Å². The molecule has 99 heavy (non-hydrogen) atoms. The normalized spacial score (nSPS) is 11.2. The number of likely N-dealkylation sites (N-methyl/N-ethyl adjacent to an activating group) is 1. The Morgan fingerprint density at radius 1 is 0.333 bits per heavy atom. The van der Waals surface area contributed by atoms with Gasteiger partial charge in [0, 0.05) is 62.9 Å². The summed E-state index contributed by atoms with van der Waals surface area (Å²) in [5, 5.41) is 21.6. The zero-order valence-corrected chi connectivity index (χ0v) is 56.0. The molecule has 518 valence electrons. The van der Waals surface area contributed by atoms with Crippen LogP contribution in [0.2, 0.25) is 5.02 Å². The van der Waals surface area contributed by atoms with Gasteiger partial charge in [0.05, 0.1) is 26.2 Å². The molecule has 1 saturated heterocycles. The van der Waals surface area contributed by atoms with E-state index in [9.17, 15) is 43.2 Å². The van der Waals surface area contributed by atoms with Crippen molar-refractivity contribution in [1.82, 2.24) is 52.3 Å². The number of nitrogens with zero attached hydrogens (tertiary/aromatic N) is 2. The van der Waals surface area contributed by atoms with Gasteiger partial charge in [0.1, 0.15) is 23.0 Å². The van der Waals surface area contributed by atoms with Gasteiger partial charge in [0.15, 0.2) is 26.4 Å². The van der Waals surface area contributed by atoms with Gasteiger partial charge in [-0.2, -0.15) is 0 Å². The third-order valence-electron chi connectivity index (χ3n) is 14.0. The zero-order chi connectivity index (χ0) is 70.7. The lowest BCUT2D eigenvalue weighted by molar-refractivity contribution is -0.127. The van der Waals surface area contributed by atoms with Crippen LogP contribution in [0.4, 0.5) is 0 Å². The van der Waals surface area contributed by atoms with Gasteiger partial charge in [0.25, 0.3) is 29.5 Å². The molecule has 9 amide bonds. The van der Waals surface area contributed by atoms with Crippen LogP contribution >= 0.6 is 11.6 Å². The lowest BCUT2D eigenvalue weighted by Gasteiger charge is -2.32. The SMILES string of the molecule is CN1CCN(C(=O)c2ccc(CNC(=O)CNC(=O)COc3ccccc3)cc2)CC1.Cc1ccc(CNC(=O)CNC(=O)COc2ccccc2)cc1.O=C(CNC(=O)COc1ccccc1)NCc1cccc(Cl)c1.O=C(CNC(=O)COc1ccccc1)NCc1ccccc1. The number of ether oxygens (including phenoxy) is 4. The van der Waals surface area contributed by atoms with Crippen molar-refractivity contribution in [3.05, 3.63) is 263 Å². The molecular formula is C75H83ClN10O13. The third-order valence-corrected chi connectivity index (χ3v) is 14.3. The lowest BCUT2D eigenvalue weighted by Crippen LogP contribution is -2.47. The molecule has 0 bridgehead atoms. The van der Waals surface area contributed by atoms with Crippen LogP contribution in [-0.4, -0.2) is 149 Å². The fourth-order valence-corrected chi connectivity index (χ4v) is 8.75. The number of hydrogen-bond acceptors (Lipinski definition) is 14. The topological polar surface area (TPSA) is 293 Å². The summed E-state index contributed by atoms with van der Waals surface area (Å²) >= 11 is 5.86. The van der Waals surface area contributed by atoms with E-state index in [0.717, 1.165) is 48.4 Å². The highest BCUT2D eigenvalue weighted by Crippen LogP contribution is 2.14. The van der Waals surface area contributed by atoms with Crippen molar-refractivity contribution in [2.45, 2.75) is 33.1 Å². The fraction of sp³-hybridized carbons (Fsp3) is 0.240. The van der Waals surface area contributed by atoms with E-state index in [-0.39, 0.29) is 106 Å². The number of piperazine rings is 1. The lowest BCUT2D eigenvalue weighted by atomic mass is 10.1. The summed E-state index contributed by atoms with van der Waals surface area (Å²) in [6.45, 7) is 5.91. The average Bonchev–Trinajstić information content (AvgIpc) is 0.883. The number of hydrogen-bond donors (Lipinski definition) is 8. The minimum Gasteiger partial charge on any atom is -0.484 e. The molecule has 1 fully saturated rings. The molecule has 8 aromatic carbocycles. The second kappa shape index (κ2) is 44.2. The van der Waals surface area contributed by atoms with Crippen LogP contribution in [0.3, 0.4) is 0 Å². The maximum absolute atomic E-state index is 12.6. The number of halogens is 1. The van der Waals surface area contributed by atoms with Crippen molar-refractivity contribution < 1.29 is 62.1 Å². The molecule has 0 aromatic heterocycles. The number of amides is 9. The third kappa shape index (κ3) is 33.1. The first-order chi connectivity index (χ1) is 48.0. The maximum atomic E-state index is 12.6. The van der Waals surface area contributed by atoms with Crippen molar-refractivity contribution >= 4 is 64.8 Å². The first-order valence-corrected chi connectivity index (χ1v) is 32.1. The van der Waals surface area contributed by atoms with Gasteiger partial charge in [-0.1, -0.05) is 169 Å². The Kier molecular flexibility index (Phi) is 34.2. The number of aryl methyl sites for hydroxylation is 1. The van der Waals surface area contributed by atoms with Gasteiger partial charge in [-0.3, -0.25) is 43.2 Å². The minimum atomic E-state index is -0.370. The van der Waals surface area contributed by atoms with Crippen LogP contribution in [0.25, 0.3) is 0 Å². The summed E-state index contributed by atoms with van der Waals surface area (Å²) in [7, 11) is 2.05. The summed E-state index contributed by atoms with van der Waals surface area (Å²) in [5.41, 5.74) is 5.61. The van der Waals surface area contributed by atoms with E-state index in [2.05, 4.69) is 54.5 Å². The van der Waals surface area contributed by atoms with E-state index < -0.39 is 0 Å². The average molecular weight is 1370 g/mol. The smallest absolute Gasteiger partial charge is 0.258 e. The van der Waals surface area contributed by atoms with Gasteiger partial charge >= 0.3 is 0 Å². The molecule has 0 radical (unpaired) electrons. The van der Waals surface area contributed by atoms with Gasteiger partial charge in [0.2, 0.25) is 23.6 Å². The Morgan fingerprint density at radius 3 is 0.960 bits per heavy atom. The standard InChI is InChI=1S/C23H28N4O4.C18H20N2O3.C17H17ClN2O3.C17H18N2O3/c1-26-11-13-27(14-12-26)23(30)19-9-7-18(8-10-19)15-24-21(28)16-25-22(29)17-31-20-5-3-2-4-6-20;1-14-7-9-15(10-8-14)11-19-17(21)12-20-18(22)13-23-16-5-3-2-4-6-16;18-14-6-4-5-13(9-14)10-19-16(21)11-20-17(22)12-23-15-7-2-1-3-8-15;20-16(18-11-14-7-3-1-4-8-14)12-19-17(21)13-22-15-9-5-2-6-10-15/h2-10H,11-17H2,1H3,(H,24,28)(H,25,29);2-10H,11-13H2,1H3,(H,19,21)(H,20,22);1-9H,10-12H2,(H,19,21)(H,20,22);1-10H,11-13H2,(H,18,20)(H,19,21). The van der Waals surface area contributed by atoms with Crippen molar-refractivity contribution in [1.29, 1.82) is 0 Å². The van der Waals surface area contributed by atoms with Crippen LogP contribution in [0.5, 0.6) is 23.0 Å². The molecule has 0 saturated carbocycles. The summed E-state index contributed by atoms with van der Waals surface area (Å²) in [4.78, 5) is 110. The summed E-state index contributed by atoms with van der Waals surface area (Å²) in [5.74, 6) is 0.0151. The molecule has 0 atom stereocenters. The first kappa shape index (κ1) is 76.5. The molecule has 1 heterocycles. The van der Waals surface area contributed by atoms with Gasteiger partial charge < -0.3 is 71.3 Å². The Bertz CT molecular complexity index is 3710. The summed E-state index contributed by atoms with van der Waals surface area (Å²) < 4.78 is 21.2. The Morgan fingerprint density at radius 2 is 0.626 bits per heavy atom. The predicted molar refractivity (Wildman–Crippen MR) is 376 cm³/mol. The molecule has 1 aliphatic rings. The molecular weight excluding hydrogens is 1280 g/mol. The molecule has 0 unspecified atom stereocenters. The number of benzene rings is 8. The largest absolute Gasteiger partial charge is 0.484 e. The number of carbonyl (C=O) groups is 9.